The molecule has 0 radical (unpaired) electrons. The molecule has 4 unspecified atom stereocenters. The van der Waals surface area contributed by atoms with Crippen molar-refractivity contribution in [3.8, 4) is 0 Å². The molecule has 2 saturated carbocycles. The fourth-order valence-electron chi connectivity index (χ4n) is 6.23. The third kappa shape index (κ3) is 4.48. The lowest BCUT2D eigenvalue weighted by molar-refractivity contribution is 0.114. The molecule has 0 aliphatic heterocycles. The van der Waals surface area contributed by atoms with Gasteiger partial charge in [-0.1, -0.05) is 56.5 Å². The molecule has 4 rings (SSSR count). The van der Waals surface area contributed by atoms with E-state index in [0.717, 1.165) is 36.2 Å². The van der Waals surface area contributed by atoms with Gasteiger partial charge in [0, 0.05) is 0 Å². The molecular formula is C28H36F2. The molecule has 30 heavy (non-hydrogen) atoms. The Morgan fingerprint density at radius 1 is 1.00 bits per heavy atom. The third-order valence-corrected chi connectivity index (χ3v) is 7.81. The Morgan fingerprint density at radius 2 is 1.80 bits per heavy atom. The minimum absolute atomic E-state index is 0.172. The normalized spacial score (nSPS) is 26.9. The lowest BCUT2D eigenvalue weighted by atomic mass is 9.63. The van der Waals surface area contributed by atoms with Gasteiger partial charge in [0.25, 0.3) is 0 Å². The van der Waals surface area contributed by atoms with Crippen molar-refractivity contribution in [3.05, 3.63) is 59.2 Å². The smallest absolute Gasteiger partial charge is 0.137 e. The van der Waals surface area contributed by atoms with Crippen molar-refractivity contribution in [2.75, 3.05) is 0 Å². The van der Waals surface area contributed by atoms with Crippen LogP contribution in [-0.4, -0.2) is 0 Å². The first-order chi connectivity index (χ1) is 14.6. The maximum Gasteiger partial charge on any atom is 0.137 e. The van der Waals surface area contributed by atoms with Crippen LogP contribution in [0.2, 0.25) is 0 Å². The molecule has 0 aromatic heterocycles. The quantitative estimate of drug-likeness (QED) is 0.418. The van der Waals surface area contributed by atoms with Gasteiger partial charge in [-0.15, -0.1) is 0 Å². The van der Waals surface area contributed by atoms with Crippen LogP contribution in [0.15, 0.2) is 36.4 Å². The number of fused-ring (bicyclic) bond motifs is 2. The van der Waals surface area contributed by atoms with Gasteiger partial charge in [0.1, 0.15) is 11.6 Å². The SMILES string of the molecule is CC=CCCc1ccc2cc(C3CCC4CC(CCC)CCC4C3)cc(F)c2c1F. The molecule has 0 saturated heterocycles. The van der Waals surface area contributed by atoms with E-state index >= 15 is 4.39 Å². The van der Waals surface area contributed by atoms with Gasteiger partial charge in [-0.3, -0.25) is 0 Å². The highest BCUT2D eigenvalue weighted by molar-refractivity contribution is 5.85. The molecule has 0 N–H and O–H groups in total. The Labute approximate surface area is 180 Å². The number of benzene rings is 2. The Hall–Kier alpha value is -1.70. The van der Waals surface area contributed by atoms with Gasteiger partial charge in [0.05, 0.1) is 5.39 Å². The average Bonchev–Trinajstić information content (AvgIpc) is 2.75. The number of hydrogen-bond donors (Lipinski definition) is 0. The van der Waals surface area contributed by atoms with Crippen molar-refractivity contribution in [1.29, 1.82) is 0 Å². The fourth-order valence-corrected chi connectivity index (χ4v) is 6.23. The molecule has 0 heterocycles. The van der Waals surface area contributed by atoms with Gasteiger partial charge in [0.2, 0.25) is 0 Å². The molecule has 2 aromatic rings. The van der Waals surface area contributed by atoms with Crippen molar-refractivity contribution in [3.63, 3.8) is 0 Å². The summed E-state index contributed by atoms with van der Waals surface area (Å²) in [6, 6.07) is 7.45. The van der Waals surface area contributed by atoms with E-state index in [4.69, 9.17) is 0 Å². The number of aryl methyl sites for hydroxylation is 1. The molecule has 2 heteroatoms. The standard InChI is InChI=1S/C28H36F2/c1-3-5-6-8-20-11-14-24-17-25(18-26(29)27(24)28(20)30)23-13-12-21-15-19(7-4-2)9-10-22(21)16-23/h3,5,11,14,17-19,21-23H,4,6-10,12-13,15-16H2,1-2H3. The Kier molecular flexibility index (Phi) is 6.91. The summed E-state index contributed by atoms with van der Waals surface area (Å²) < 4.78 is 30.0. The number of halogens is 2. The summed E-state index contributed by atoms with van der Waals surface area (Å²) >= 11 is 0. The molecule has 0 bridgehead atoms. The topological polar surface area (TPSA) is 0 Å². The Bertz CT molecular complexity index is 897. The molecule has 2 aliphatic rings. The molecule has 2 aliphatic carbocycles. The lowest BCUT2D eigenvalue weighted by Crippen LogP contribution is -2.30. The highest BCUT2D eigenvalue weighted by atomic mass is 19.1. The summed E-state index contributed by atoms with van der Waals surface area (Å²) in [7, 11) is 0. The van der Waals surface area contributed by atoms with E-state index in [0.29, 0.717) is 23.3 Å². The predicted molar refractivity (Wildman–Crippen MR) is 123 cm³/mol. The van der Waals surface area contributed by atoms with E-state index in [2.05, 4.69) is 13.0 Å². The van der Waals surface area contributed by atoms with Gasteiger partial charge >= 0.3 is 0 Å². The van der Waals surface area contributed by atoms with Gasteiger partial charge < -0.3 is 0 Å². The van der Waals surface area contributed by atoms with E-state index < -0.39 is 0 Å². The van der Waals surface area contributed by atoms with Crippen molar-refractivity contribution in [2.45, 2.75) is 84.0 Å². The minimum atomic E-state index is -0.387. The van der Waals surface area contributed by atoms with Crippen LogP contribution in [0, 0.1) is 29.4 Å². The molecule has 0 amide bonds. The van der Waals surface area contributed by atoms with Crippen LogP contribution < -0.4 is 0 Å². The van der Waals surface area contributed by atoms with Gasteiger partial charge in [-0.25, -0.2) is 8.78 Å². The molecule has 0 nitrogen and oxygen atoms in total. The second kappa shape index (κ2) is 9.62. The maximum absolute atomic E-state index is 15.0. The molecular weight excluding hydrogens is 374 g/mol. The fraction of sp³-hybridized carbons (Fsp3) is 0.571. The second-order valence-corrected chi connectivity index (χ2v) is 9.75. The highest BCUT2D eigenvalue weighted by Gasteiger charge is 2.36. The molecule has 2 fully saturated rings. The molecule has 162 valence electrons. The van der Waals surface area contributed by atoms with Crippen molar-refractivity contribution in [1.82, 2.24) is 0 Å². The molecule has 0 spiro atoms. The second-order valence-electron chi connectivity index (χ2n) is 9.75. The molecule has 2 aromatic carbocycles. The zero-order valence-corrected chi connectivity index (χ0v) is 18.6. The summed E-state index contributed by atoms with van der Waals surface area (Å²) in [5, 5.41) is 0.886. The Morgan fingerprint density at radius 3 is 2.60 bits per heavy atom. The summed E-state index contributed by atoms with van der Waals surface area (Å²) in [5.74, 6) is 2.25. The van der Waals surface area contributed by atoms with Crippen LogP contribution in [0.25, 0.3) is 10.8 Å². The van der Waals surface area contributed by atoms with E-state index in [1.165, 1.54) is 44.9 Å². The van der Waals surface area contributed by atoms with E-state index in [1.807, 2.05) is 31.2 Å². The first-order valence-corrected chi connectivity index (χ1v) is 12.1. The summed E-state index contributed by atoms with van der Waals surface area (Å²) in [6.45, 7) is 4.26. The largest absolute Gasteiger partial charge is 0.206 e. The maximum atomic E-state index is 15.0. The van der Waals surface area contributed by atoms with Crippen LogP contribution in [0.5, 0.6) is 0 Å². The van der Waals surface area contributed by atoms with E-state index in [9.17, 15) is 4.39 Å². The van der Waals surface area contributed by atoms with Crippen LogP contribution in [0.1, 0.15) is 88.7 Å². The summed E-state index contributed by atoms with van der Waals surface area (Å²) in [4.78, 5) is 0. The van der Waals surface area contributed by atoms with Gasteiger partial charge in [0.15, 0.2) is 0 Å². The lowest BCUT2D eigenvalue weighted by Gasteiger charge is -2.42. The number of allylic oxidation sites excluding steroid dienone is 2. The van der Waals surface area contributed by atoms with E-state index in [-0.39, 0.29) is 17.0 Å². The van der Waals surface area contributed by atoms with Crippen molar-refractivity contribution in [2.24, 2.45) is 17.8 Å². The zero-order chi connectivity index (χ0) is 21.1. The monoisotopic (exact) mass is 410 g/mol. The van der Waals surface area contributed by atoms with Crippen molar-refractivity contribution < 1.29 is 8.78 Å². The number of hydrogen-bond acceptors (Lipinski definition) is 0. The molecule has 4 atom stereocenters. The van der Waals surface area contributed by atoms with Gasteiger partial charge in [-0.2, -0.15) is 0 Å². The van der Waals surface area contributed by atoms with E-state index in [1.54, 1.807) is 6.07 Å². The van der Waals surface area contributed by atoms with Crippen LogP contribution >= 0.6 is 0 Å². The zero-order valence-electron chi connectivity index (χ0n) is 18.6. The van der Waals surface area contributed by atoms with Crippen LogP contribution in [-0.2, 0) is 6.42 Å². The average molecular weight is 411 g/mol. The predicted octanol–water partition coefficient (Wildman–Crippen LogP) is 8.73. The Balaban J connectivity index is 1.52. The summed E-state index contributed by atoms with van der Waals surface area (Å²) in [5.41, 5.74) is 1.69. The van der Waals surface area contributed by atoms with Crippen molar-refractivity contribution >= 4 is 10.8 Å². The van der Waals surface area contributed by atoms with Crippen LogP contribution in [0.3, 0.4) is 0 Å². The first-order valence-electron chi connectivity index (χ1n) is 12.1. The third-order valence-electron chi connectivity index (χ3n) is 7.81. The van der Waals surface area contributed by atoms with Gasteiger partial charge in [-0.05, 0) is 98.1 Å². The highest BCUT2D eigenvalue weighted by Crippen LogP contribution is 2.48. The number of rotatable bonds is 6. The summed E-state index contributed by atoms with van der Waals surface area (Å²) in [6.07, 6.45) is 15.8. The van der Waals surface area contributed by atoms with Crippen LogP contribution in [0.4, 0.5) is 8.78 Å². The first kappa shape index (κ1) is 21.5. The minimum Gasteiger partial charge on any atom is -0.206 e.